The molecule has 2 amide bonds. The van der Waals surface area contributed by atoms with E-state index in [0.29, 0.717) is 29.3 Å². The highest BCUT2D eigenvalue weighted by Gasteiger charge is 2.14. The minimum absolute atomic E-state index is 0.0586. The molecule has 0 radical (unpaired) electrons. The summed E-state index contributed by atoms with van der Waals surface area (Å²) in [6.45, 7) is 6.18. The largest absolute Gasteiger partial charge is 0.489 e. The minimum Gasteiger partial charge on any atom is -0.489 e. The van der Waals surface area contributed by atoms with Crippen LogP contribution in [0.4, 0.5) is 17.1 Å². The summed E-state index contributed by atoms with van der Waals surface area (Å²) in [6.07, 6.45) is 0. The maximum Gasteiger partial charge on any atom is 0.258 e. The third kappa shape index (κ3) is 6.47. The lowest BCUT2D eigenvalue weighted by Gasteiger charge is -2.18. The molecule has 3 aromatic rings. The molecule has 6 heteroatoms. The van der Waals surface area contributed by atoms with E-state index in [1.165, 1.54) is 0 Å². The topological polar surface area (TPSA) is 70.7 Å². The highest BCUT2D eigenvalue weighted by Crippen LogP contribution is 2.19. The van der Waals surface area contributed by atoms with Gasteiger partial charge < -0.3 is 20.3 Å². The van der Waals surface area contributed by atoms with E-state index in [2.05, 4.69) is 17.2 Å². The van der Waals surface area contributed by atoms with E-state index in [-0.39, 0.29) is 18.4 Å². The third-order valence-corrected chi connectivity index (χ3v) is 4.61. The second kappa shape index (κ2) is 10.8. The van der Waals surface area contributed by atoms with Crippen molar-refractivity contribution in [2.75, 3.05) is 35.7 Å². The van der Waals surface area contributed by atoms with Crippen molar-refractivity contribution in [2.24, 2.45) is 0 Å². The van der Waals surface area contributed by atoms with Crippen molar-refractivity contribution in [3.8, 4) is 5.75 Å². The SMILES string of the molecule is C=C(C)COc1cccc(NC(=O)CNc2cccc(C(=O)N(C)c3ccccc3)c2)c1. The first-order chi connectivity index (χ1) is 15.4. The number of anilines is 3. The number of benzene rings is 3. The van der Waals surface area contributed by atoms with Crippen LogP contribution < -0.4 is 20.3 Å². The van der Waals surface area contributed by atoms with Crippen LogP contribution in [-0.2, 0) is 4.79 Å². The number of amides is 2. The van der Waals surface area contributed by atoms with Crippen LogP contribution in [0.2, 0.25) is 0 Å². The van der Waals surface area contributed by atoms with Crippen molar-refractivity contribution < 1.29 is 14.3 Å². The zero-order chi connectivity index (χ0) is 22.9. The van der Waals surface area contributed by atoms with Gasteiger partial charge in [-0.1, -0.05) is 36.9 Å². The quantitative estimate of drug-likeness (QED) is 0.471. The first-order valence-corrected chi connectivity index (χ1v) is 10.3. The Hall–Kier alpha value is -4.06. The normalized spacial score (nSPS) is 10.2. The van der Waals surface area contributed by atoms with Crippen molar-refractivity contribution in [3.63, 3.8) is 0 Å². The maximum atomic E-state index is 12.8. The van der Waals surface area contributed by atoms with Crippen molar-refractivity contribution in [3.05, 3.63) is 96.6 Å². The molecule has 0 bridgehead atoms. The number of para-hydroxylation sites is 1. The maximum absolute atomic E-state index is 12.8. The van der Waals surface area contributed by atoms with Crippen molar-refractivity contribution in [2.45, 2.75) is 6.92 Å². The fourth-order valence-electron chi connectivity index (χ4n) is 2.98. The molecule has 0 atom stereocenters. The Bertz CT molecular complexity index is 1100. The Balaban J connectivity index is 1.57. The van der Waals surface area contributed by atoms with Crippen LogP contribution in [0, 0.1) is 0 Å². The van der Waals surface area contributed by atoms with Crippen LogP contribution in [0.5, 0.6) is 5.75 Å². The molecule has 0 fully saturated rings. The fourth-order valence-corrected chi connectivity index (χ4v) is 2.98. The second-order valence-corrected chi connectivity index (χ2v) is 7.46. The van der Waals surface area contributed by atoms with Crippen LogP contribution in [0.15, 0.2) is 91.0 Å². The number of rotatable bonds is 9. The third-order valence-electron chi connectivity index (χ3n) is 4.61. The highest BCUT2D eigenvalue weighted by atomic mass is 16.5. The average Bonchev–Trinajstić information content (AvgIpc) is 2.81. The van der Waals surface area contributed by atoms with Gasteiger partial charge in [0.05, 0.1) is 6.54 Å². The number of ether oxygens (including phenoxy) is 1. The molecule has 0 aromatic heterocycles. The monoisotopic (exact) mass is 429 g/mol. The van der Waals surface area contributed by atoms with E-state index in [1.807, 2.05) is 55.5 Å². The molecular formula is C26H27N3O3. The van der Waals surface area contributed by atoms with Crippen molar-refractivity contribution >= 4 is 28.9 Å². The average molecular weight is 430 g/mol. The zero-order valence-corrected chi connectivity index (χ0v) is 18.3. The molecule has 2 N–H and O–H groups in total. The summed E-state index contributed by atoms with van der Waals surface area (Å²) in [5, 5.41) is 5.91. The van der Waals surface area contributed by atoms with Crippen LogP contribution >= 0.6 is 0 Å². The van der Waals surface area contributed by atoms with Gasteiger partial charge in [0.25, 0.3) is 5.91 Å². The first-order valence-electron chi connectivity index (χ1n) is 10.3. The molecule has 0 saturated carbocycles. The van der Waals surface area contributed by atoms with E-state index in [9.17, 15) is 9.59 Å². The van der Waals surface area contributed by atoms with Crippen LogP contribution in [0.25, 0.3) is 0 Å². The molecular weight excluding hydrogens is 402 g/mol. The van der Waals surface area contributed by atoms with Gasteiger partial charge in [-0.15, -0.1) is 0 Å². The summed E-state index contributed by atoms with van der Waals surface area (Å²) in [7, 11) is 1.74. The number of nitrogens with one attached hydrogen (secondary N) is 2. The van der Waals surface area contributed by atoms with Crippen LogP contribution in [0.1, 0.15) is 17.3 Å². The molecule has 0 aliphatic rings. The Labute approximate surface area is 188 Å². The molecule has 0 unspecified atom stereocenters. The number of hydrogen-bond acceptors (Lipinski definition) is 4. The van der Waals surface area contributed by atoms with Crippen LogP contribution in [-0.4, -0.2) is 32.0 Å². The molecule has 0 heterocycles. The van der Waals surface area contributed by atoms with Gasteiger partial charge in [-0.25, -0.2) is 0 Å². The number of carbonyl (C=O) groups is 2. The highest BCUT2D eigenvalue weighted by molar-refractivity contribution is 6.06. The lowest BCUT2D eigenvalue weighted by Crippen LogP contribution is -2.26. The Morgan fingerprint density at radius 1 is 0.938 bits per heavy atom. The standard InChI is InChI=1S/C26H27N3O3/c1-19(2)18-32-24-14-8-11-22(16-24)28-25(30)17-27-21-10-7-9-20(15-21)26(31)29(3)23-12-5-4-6-13-23/h4-16,27H,1,17-18H2,2-3H3,(H,28,30). The summed E-state index contributed by atoms with van der Waals surface area (Å²) in [5.74, 6) is 0.323. The molecule has 3 rings (SSSR count). The van der Waals surface area contributed by atoms with Crippen LogP contribution in [0.3, 0.4) is 0 Å². The van der Waals surface area contributed by atoms with E-state index in [4.69, 9.17) is 4.74 Å². The number of hydrogen-bond donors (Lipinski definition) is 2. The van der Waals surface area contributed by atoms with Crippen molar-refractivity contribution in [1.82, 2.24) is 0 Å². The predicted octanol–water partition coefficient (Wildman–Crippen LogP) is 4.97. The molecule has 0 aliphatic heterocycles. The predicted molar refractivity (Wildman–Crippen MR) is 129 cm³/mol. The molecule has 32 heavy (non-hydrogen) atoms. The summed E-state index contributed by atoms with van der Waals surface area (Å²) in [6, 6.07) is 23.7. The van der Waals surface area contributed by atoms with E-state index in [1.54, 1.807) is 42.3 Å². The van der Waals surface area contributed by atoms with Gasteiger partial charge in [-0.05, 0) is 55.0 Å². The molecule has 0 aliphatic carbocycles. The molecule has 164 valence electrons. The van der Waals surface area contributed by atoms with Gasteiger partial charge in [0.15, 0.2) is 0 Å². The minimum atomic E-state index is -0.208. The van der Waals surface area contributed by atoms with Gasteiger partial charge in [0.2, 0.25) is 5.91 Å². The Kier molecular flexibility index (Phi) is 7.65. The van der Waals surface area contributed by atoms with E-state index in [0.717, 1.165) is 11.3 Å². The van der Waals surface area contributed by atoms with Gasteiger partial charge in [0, 0.05) is 35.7 Å². The van der Waals surface area contributed by atoms with Gasteiger partial charge in [0.1, 0.15) is 12.4 Å². The summed E-state index contributed by atoms with van der Waals surface area (Å²) < 4.78 is 5.60. The summed E-state index contributed by atoms with van der Waals surface area (Å²) >= 11 is 0. The second-order valence-electron chi connectivity index (χ2n) is 7.46. The summed E-state index contributed by atoms with van der Waals surface area (Å²) in [5.41, 5.74) is 3.59. The lowest BCUT2D eigenvalue weighted by molar-refractivity contribution is -0.114. The smallest absolute Gasteiger partial charge is 0.258 e. The Morgan fingerprint density at radius 3 is 2.41 bits per heavy atom. The van der Waals surface area contributed by atoms with Crippen molar-refractivity contribution in [1.29, 1.82) is 0 Å². The zero-order valence-electron chi connectivity index (χ0n) is 18.3. The van der Waals surface area contributed by atoms with Gasteiger partial charge in [-0.3, -0.25) is 9.59 Å². The summed E-state index contributed by atoms with van der Waals surface area (Å²) in [4.78, 5) is 26.8. The first kappa shape index (κ1) is 22.6. The molecule has 6 nitrogen and oxygen atoms in total. The van der Waals surface area contributed by atoms with E-state index >= 15 is 0 Å². The molecule has 3 aromatic carbocycles. The molecule has 0 saturated heterocycles. The molecule has 0 spiro atoms. The lowest BCUT2D eigenvalue weighted by atomic mass is 10.1. The van der Waals surface area contributed by atoms with Gasteiger partial charge in [-0.2, -0.15) is 0 Å². The van der Waals surface area contributed by atoms with Gasteiger partial charge >= 0.3 is 0 Å². The fraction of sp³-hybridized carbons (Fsp3) is 0.154. The van der Waals surface area contributed by atoms with E-state index < -0.39 is 0 Å². The Morgan fingerprint density at radius 2 is 1.66 bits per heavy atom. The number of carbonyl (C=O) groups excluding carboxylic acids is 2. The number of nitrogens with zero attached hydrogens (tertiary/aromatic N) is 1.